The first kappa shape index (κ1) is 11.8. The maximum absolute atomic E-state index is 13.8. The Bertz CT molecular complexity index is 383. The van der Waals surface area contributed by atoms with Crippen molar-refractivity contribution in [3.05, 3.63) is 23.0 Å². The summed E-state index contributed by atoms with van der Waals surface area (Å²) in [4.78, 5) is 0. The Morgan fingerprint density at radius 3 is 2.40 bits per heavy atom. The Morgan fingerprint density at radius 2 is 2.00 bits per heavy atom. The molecule has 0 fully saturated rings. The first-order valence-electron chi connectivity index (χ1n) is 4.64. The molecule has 84 valence electrons. The fraction of sp³-hybridized carbons (Fsp3) is 0.455. The van der Waals surface area contributed by atoms with Gasteiger partial charge in [0.2, 0.25) is 0 Å². The molecule has 0 heterocycles. The molecule has 0 spiro atoms. The summed E-state index contributed by atoms with van der Waals surface area (Å²) in [6, 6.07) is 1.53. The highest BCUT2D eigenvalue weighted by Crippen LogP contribution is 2.37. The van der Waals surface area contributed by atoms with Crippen LogP contribution in [0.4, 0.5) is 4.39 Å². The molecule has 1 rings (SSSR count). The molecule has 1 aromatic carbocycles. The second-order valence-corrected chi connectivity index (χ2v) is 4.16. The van der Waals surface area contributed by atoms with Crippen molar-refractivity contribution < 1.29 is 14.2 Å². The Kier molecular flexibility index (Phi) is 2.90. The van der Waals surface area contributed by atoms with E-state index in [0.29, 0.717) is 11.1 Å². The molecule has 0 saturated carbocycles. The van der Waals surface area contributed by atoms with Crippen molar-refractivity contribution in [1.82, 2.24) is 0 Å². The average Bonchev–Trinajstić information content (AvgIpc) is 2.10. The van der Waals surface area contributed by atoms with E-state index in [4.69, 9.17) is 10.5 Å². The van der Waals surface area contributed by atoms with Crippen molar-refractivity contribution >= 4 is 0 Å². The SMILES string of the molecule is COc1c(O)c(C)cc(C(C)(C)N)c1F. The number of hydrogen-bond donors (Lipinski definition) is 2. The number of methoxy groups -OCH3 is 1. The number of phenols is 1. The molecule has 4 heteroatoms. The Morgan fingerprint density at radius 1 is 1.47 bits per heavy atom. The quantitative estimate of drug-likeness (QED) is 0.790. The molecule has 1 aromatic rings. The third-order valence-corrected chi connectivity index (χ3v) is 2.28. The molecular formula is C11H16FNO2. The van der Waals surface area contributed by atoms with Crippen LogP contribution in [0.5, 0.6) is 11.5 Å². The molecule has 0 aliphatic carbocycles. The molecule has 0 amide bonds. The smallest absolute Gasteiger partial charge is 0.197 e. The van der Waals surface area contributed by atoms with Gasteiger partial charge in [-0.05, 0) is 32.4 Å². The van der Waals surface area contributed by atoms with Crippen LogP contribution in [0.25, 0.3) is 0 Å². The standard InChI is InChI=1S/C11H16FNO2/c1-6-5-7(11(2,3)13)8(12)10(15-4)9(6)14/h5,14H,13H2,1-4H3. The maximum Gasteiger partial charge on any atom is 0.197 e. The Balaban J connectivity index is 3.51. The zero-order valence-corrected chi connectivity index (χ0v) is 9.39. The second-order valence-electron chi connectivity index (χ2n) is 4.16. The summed E-state index contributed by atoms with van der Waals surface area (Å²) in [5.74, 6) is -0.931. The van der Waals surface area contributed by atoms with Gasteiger partial charge in [-0.2, -0.15) is 0 Å². The number of phenolic OH excluding ortho intramolecular Hbond substituents is 1. The largest absolute Gasteiger partial charge is 0.504 e. The average molecular weight is 213 g/mol. The summed E-state index contributed by atoms with van der Waals surface area (Å²) in [6.07, 6.45) is 0. The molecule has 3 nitrogen and oxygen atoms in total. The lowest BCUT2D eigenvalue weighted by atomic mass is 9.93. The lowest BCUT2D eigenvalue weighted by Gasteiger charge is -2.22. The van der Waals surface area contributed by atoms with E-state index in [2.05, 4.69) is 0 Å². The number of rotatable bonds is 2. The van der Waals surface area contributed by atoms with Crippen molar-refractivity contribution in [2.24, 2.45) is 5.73 Å². The molecule has 0 atom stereocenters. The van der Waals surface area contributed by atoms with E-state index in [1.807, 2.05) is 0 Å². The minimum atomic E-state index is -0.810. The van der Waals surface area contributed by atoms with Crippen molar-refractivity contribution in [1.29, 1.82) is 0 Å². The number of benzene rings is 1. The van der Waals surface area contributed by atoms with Crippen molar-refractivity contribution in [2.75, 3.05) is 7.11 Å². The van der Waals surface area contributed by atoms with Gasteiger partial charge in [-0.15, -0.1) is 0 Å². The molecule has 0 bridgehead atoms. The first-order valence-corrected chi connectivity index (χ1v) is 4.64. The molecule has 0 aromatic heterocycles. The van der Waals surface area contributed by atoms with Gasteiger partial charge in [-0.1, -0.05) is 0 Å². The maximum atomic E-state index is 13.8. The highest BCUT2D eigenvalue weighted by Gasteiger charge is 2.25. The minimum Gasteiger partial charge on any atom is -0.504 e. The molecule has 0 saturated heterocycles. The van der Waals surface area contributed by atoms with Crippen LogP contribution in [0, 0.1) is 12.7 Å². The summed E-state index contributed by atoms with van der Waals surface area (Å²) in [7, 11) is 1.31. The van der Waals surface area contributed by atoms with Crippen LogP contribution in [0.3, 0.4) is 0 Å². The molecule has 0 radical (unpaired) electrons. The van der Waals surface area contributed by atoms with Crippen molar-refractivity contribution in [3.8, 4) is 11.5 Å². The van der Waals surface area contributed by atoms with Gasteiger partial charge in [0.1, 0.15) is 0 Å². The second kappa shape index (κ2) is 3.70. The lowest BCUT2D eigenvalue weighted by molar-refractivity contribution is 0.342. The van der Waals surface area contributed by atoms with Crippen LogP contribution < -0.4 is 10.5 Å². The molecule has 0 aliphatic heterocycles. The predicted molar refractivity (Wildman–Crippen MR) is 56.6 cm³/mol. The number of aromatic hydroxyl groups is 1. The Hall–Kier alpha value is -1.29. The molecule has 0 aliphatic rings. The van der Waals surface area contributed by atoms with E-state index in [1.165, 1.54) is 13.2 Å². The lowest BCUT2D eigenvalue weighted by Crippen LogP contribution is -2.30. The van der Waals surface area contributed by atoms with Gasteiger partial charge in [0.05, 0.1) is 7.11 Å². The highest BCUT2D eigenvalue weighted by molar-refractivity contribution is 5.50. The van der Waals surface area contributed by atoms with Gasteiger partial charge >= 0.3 is 0 Å². The van der Waals surface area contributed by atoms with E-state index in [-0.39, 0.29) is 11.5 Å². The zero-order chi connectivity index (χ0) is 11.8. The first-order chi connectivity index (χ1) is 6.79. The molecular weight excluding hydrogens is 197 g/mol. The van der Waals surface area contributed by atoms with Gasteiger partial charge in [-0.3, -0.25) is 0 Å². The summed E-state index contributed by atoms with van der Waals surface area (Å²) in [5.41, 5.74) is 5.88. The van der Waals surface area contributed by atoms with Crippen LogP contribution in [0.15, 0.2) is 6.07 Å². The fourth-order valence-electron chi connectivity index (χ4n) is 1.41. The number of nitrogens with two attached hydrogens (primary N) is 1. The van der Waals surface area contributed by atoms with E-state index < -0.39 is 11.4 Å². The summed E-state index contributed by atoms with van der Waals surface area (Å²) >= 11 is 0. The van der Waals surface area contributed by atoms with Gasteiger partial charge in [-0.25, -0.2) is 4.39 Å². The van der Waals surface area contributed by atoms with Crippen LogP contribution in [0.1, 0.15) is 25.0 Å². The van der Waals surface area contributed by atoms with Gasteiger partial charge in [0, 0.05) is 11.1 Å². The summed E-state index contributed by atoms with van der Waals surface area (Å²) in [5, 5.41) is 9.56. The van der Waals surface area contributed by atoms with Crippen LogP contribution >= 0.6 is 0 Å². The summed E-state index contributed by atoms with van der Waals surface area (Å²) < 4.78 is 18.7. The van der Waals surface area contributed by atoms with Crippen molar-refractivity contribution in [2.45, 2.75) is 26.3 Å². The number of ether oxygens (including phenoxy) is 1. The number of aryl methyl sites for hydroxylation is 1. The molecule has 0 unspecified atom stereocenters. The molecule has 15 heavy (non-hydrogen) atoms. The van der Waals surface area contributed by atoms with E-state index in [9.17, 15) is 9.50 Å². The third kappa shape index (κ3) is 2.04. The highest BCUT2D eigenvalue weighted by atomic mass is 19.1. The minimum absolute atomic E-state index is 0.150. The van der Waals surface area contributed by atoms with Crippen LogP contribution in [-0.2, 0) is 5.54 Å². The van der Waals surface area contributed by atoms with Gasteiger partial charge in [0.15, 0.2) is 17.3 Å². The fourth-order valence-corrected chi connectivity index (χ4v) is 1.41. The Labute approximate surface area is 88.7 Å². The summed E-state index contributed by atoms with van der Waals surface area (Å²) in [6.45, 7) is 5.06. The third-order valence-electron chi connectivity index (χ3n) is 2.28. The van der Waals surface area contributed by atoms with E-state index in [0.717, 1.165) is 0 Å². The van der Waals surface area contributed by atoms with Crippen LogP contribution in [-0.4, -0.2) is 12.2 Å². The normalized spacial score (nSPS) is 11.6. The zero-order valence-electron chi connectivity index (χ0n) is 9.39. The number of hydrogen-bond acceptors (Lipinski definition) is 3. The van der Waals surface area contributed by atoms with Crippen LogP contribution in [0.2, 0.25) is 0 Å². The monoisotopic (exact) mass is 213 g/mol. The van der Waals surface area contributed by atoms with Crippen molar-refractivity contribution in [3.63, 3.8) is 0 Å². The number of halogens is 1. The van der Waals surface area contributed by atoms with E-state index >= 15 is 0 Å². The molecule has 3 N–H and O–H groups in total. The van der Waals surface area contributed by atoms with E-state index in [1.54, 1.807) is 20.8 Å². The predicted octanol–water partition coefficient (Wildman–Crippen LogP) is 2.04. The van der Waals surface area contributed by atoms with Gasteiger partial charge in [0.25, 0.3) is 0 Å². The topological polar surface area (TPSA) is 55.5 Å². The van der Waals surface area contributed by atoms with Gasteiger partial charge < -0.3 is 15.6 Å².